The Labute approximate surface area is 125 Å². The maximum atomic E-state index is 3.96. The molecule has 20 heavy (non-hydrogen) atoms. The quantitative estimate of drug-likeness (QED) is 0.822. The molecule has 1 atom stereocenters. The summed E-state index contributed by atoms with van der Waals surface area (Å²) in [6.45, 7) is 8.68. The van der Waals surface area contributed by atoms with Crippen molar-refractivity contribution in [3.63, 3.8) is 0 Å². The summed E-state index contributed by atoms with van der Waals surface area (Å²) in [7, 11) is 0. The topological polar surface area (TPSA) is 15.3 Å². The molecular weight excluding hydrogens is 244 g/mol. The Bertz CT molecular complexity index is 301. The van der Waals surface area contributed by atoms with Crippen LogP contribution >= 0.6 is 0 Å². The van der Waals surface area contributed by atoms with Crippen molar-refractivity contribution < 1.29 is 0 Å². The van der Waals surface area contributed by atoms with Crippen LogP contribution in [0, 0.1) is 11.8 Å². The zero-order chi connectivity index (χ0) is 14.0. The van der Waals surface area contributed by atoms with Crippen LogP contribution in [-0.4, -0.2) is 36.1 Å². The highest BCUT2D eigenvalue weighted by Crippen LogP contribution is 2.37. The van der Waals surface area contributed by atoms with Crippen LogP contribution in [0.15, 0.2) is 0 Å². The predicted molar refractivity (Wildman–Crippen MR) is 86.0 cm³/mol. The molecule has 2 aliphatic carbocycles. The summed E-state index contributed by atoms with van der Waals surface area (Å²) >= 11 is 0. The van der Waals surface area contributed by atoms with Gasteiger partial charge in [0.2, 0.25) is 0 Å². The first-order valence-corrected chi connectivity index (χ1v) is 9.25. The largest absolute Gasteiger partial charge is 0.308 e. The molecule has 0 aromatic carbocycles. The minimum absolute atomic E-state index is 0.403. The fourth-order valence-electron chi connectivity index (χ4n) is 4.55. The minimum Gasteiger partial charge on any atom is -0.308 e. The van der Waals surface area contributed by atoms with E-state index in [1.807, 2.05) is 0 Å². The summed E-state index contributed by atoms with van der Waals surface area (Å²) in [5.41, 5.74) is 0.403. The lowest BCUT2D eigenvalue weighted by Gasteiger charge is -2.50. The molecule has 0 bridgehead atoms. The first kappa shape index (κ1) is 14.8. The van der Waals surface area contributed by atoms with Gasteiger partial charge < -0.3 is 5.32 Å². The second-order valence-corrected chi connectivity index (χ2v) is 7.71. The third-order valence-electron chi connectivity index (χ3n) is 6.40. The molecule has 0 radical (unpaired) electrons. The molecule has 3 fully saturated rings. The average Bonchev–Trinajstić information content (AvgIpc) is 3.32. The first-order valence-electron chi connectivity index (χ1n) is 9.25. The van der Waals surface area contributed by atoms with E-state index in [-0.39, 0.29) is 0 Å². The molecule has 3 aliphatic rings. The molecule has 2 heteroatoms. The lowest BCUT2D eigenvalue weighted by molar-refractivity contribution is 0.0292. The van der Waals surface area contributed by atoms with Crippen LogP contribution < -0.4 is 5.32 Å². The van der Waals surface area contributed by atoms with Gasteiger partial charge in [0.05, 0.1) is 0 Å². The van der Waals surface area contributed by atoms with Gasteiger partial charge in [-0.1, -0.05) is 33.1 Å². The third-order valence-corrected chi connectivity index (χ3v) is 6.40. The summed E-state index contributed by atoms with van der Waals surface area (Å²) in [5, 5.41) is 3.96. The number of nitrogens with zero attached hydrogens (tertiary/aromatic N) is 1. The van der Waals surface area contributed by atoms with E-state index in [0.717, 1.165) is 17.9 Å². The maximum absolute atomic E-state index is 3.96. The van der Waals surface area contributed by atoms with Crippen LogP contribution in [0.1, 0.15) is 71.6 Å². The second-order valence-electron chi connectivity index (χ2n) is 7.71. The molecule has 0 spiro atoms. The van der Waals surface area contributed by atoms with Gasteiger partial charge in [-0.05, 0) is 50.4 Å². The first-order chi connectivity index (χ1) is 9.76. The van der Waals surface area contributed by atoms with Crippen LogP contribution in [0.3, 0.4) is 0 Å². The highest BCUT2D eigenvalue weighted by Gasteiger charge is 2.41. The number of nitrogens with one attached hydrogen (secondary N) is 1. The fourth-order valence-corrected chi connectivity index (χ4v) is 4.55. The van der Waals surface area contributed by atoms with E-state index in [1.54, 1.807) is 0 Å². The van der Waals surface area contributed by atoms with Crippen LogP contribution in [0.5, 0.6) is 0 Å². The normalized spacial score (nSPS) is 32.4. The van der Waals surface area contributed by atoms with Crippen molar-refractivity contribution in [3.05, 3.63) is 0 Å². The van der Waals surface area contributed by atoms with Gasteiger partial charge in [0.25, 0.3) is 0 Å². The van der Waals surface area contributed by atoms with Crippen molar-refractivity contribution in [1.29, 1.82) is 0 Å². The van der Waals surface area contributed by atoms with E-state index in [4.69, 9.17) is 0 Å². The van der Waals surface area contributed by atoms with Gasteiger partial charge in [-0.2, -0.15) is 0 Å². The molecule has 116 valence electrons. The van der Waals surface area contributed by atoms with Crippen LogP contribution in [0.25, 0.3) is 0 Å². The number of piperazine rings is 1. The summed E-state index contributed by atoms with van der Waals surface area (Å²) in [6.07, 6.45) is 12.9. The Morgan fingerprint density at radius 1 is 1.00 bits per heavy atom. The zero-order valence-electron chi connectivity index (χ0n) is 13.7. The summed E-state index contributed by atoms with van der Waals surface area (Å²) in [6, 6.07) is 0.835. The third kappa shape index (κ3) is 3.22. The lowest BCUT2D eigenvalue weighted by atomic mass is 9.79. The van der Waals surface area contributed by atoms with Gasteiger partial charge in [-0.3, -0.25) is 4.90 Å². The summed E-state index contributed by atoms with van der Waals surface area (Å²) < 4.78 is 0. The predicted octanol–water partition coefficient (Wildman–Crippen LogP) is 3.81. The second kappa shape index (κ2) is 6.36. The smallest absolute Gasteiger partial charge is 0.0304 e. The highest BCUT2D eigenvalue weighted by molar-refractivity contribution is 5.00. The zero-order valence-corrected chi connectivity index (χ0v) is 13.7. The van der Waals surface area contributed by atoms with Crippen LogP contribution in [0.4, 0.5) is 0 Å². The van der Waals surface area contributed by atoms with E-state index < -0.39 is 0 Å². The molecule has 2 saturated carbocycles. The lowest BCUT2D eigenvalue weighted by Crippen LogP contribution is -2.65. The van der Waals surface area contributed by atoms with E-state index in [2.05, 4.69) is 24.1 Å². The Morgan fingerprint density at radius 2 is 1.70 bits per heavy atom. The van der Waals surface area contributed by atoms with Crippen LogP contribution in [-0.2, 0) is 0 Å². The molecule has 1 saturated heterocycles. The molecule has 1 heterocycles. The van der Waals surface area contributed by atoms with Crippen molar-refractivity contribution in [3.8, 4) is 0 Å². The van der Waals surface area contributed by atoms with E-state index in [1.165, 1.54) is 77.4 Å². The Hall–Kier alpha value is -0.0800. The van der Waals surface area contributed by atoms with Crippen molar-refractivity contribution in [1.82, 2.24) is 10.2 Å². The number of rotatable bonds is 5. The highest BCUT2D eigenvalue weighted by atomic mass is 15.3. The Morgan fingerprint density at radius 3 is 2.30 bits per heavy atom. The van der Waals surface area contributed by atoms with Gasteiger partial charge in [-0.25, -0.2) is 0 Å². The van der Waals surface area contributed by atoms with E-state index >= 15 is 0 Å². The Balaban J connectivity index is 1.68. The van der Waals surface area contributed by atoms with Gasteiger partial charge in [-0.15, -0.1) is 0 Å². The van der Waals surface area contributed by atoms with Crippen molar-refractivity contribution in [2.75, 3.05) is 19.6 Å². The van der Waals surface area contributed by atoms with E-state index in [9.17, 15) is 0 Å². The van der Waals surface area contributed by atoms with Gasteiger partial charge in [0, 0.05) is 31.2 Å². The molecule has 0 aromatic heterocycles. The molecule has 1 aliphatic heterocycles. The van der Waals surface area contributed by atoms with Crippen molar-refractivity contribution in [2.24, 2.45) is 11.8 Å². The summed E-state index contributed by atoms with van der Waals surface area (Å²) in [4.78, 5) is 2.91. The van der Waals surface area contributed by atoms with Crippen LogP contribution in [0.2, 0.25) is 0 Å². The molecule has 2 nitrogen and oxygen atoms in total. The molecule has 0 amide bonds. The van der Waals surface area contributed by atoms with Gasteiger partial charge in [0.15, 0.2) is 0 Å². The standard InChI is InChI=1S/C18H34N2/c1-3-18(4-2)14-20(13-15-10-11-15)17(12-19-18)16-8-6-5-7-9-16/h15-17,19H,3-14H2,1-2H3. The number of hydrogen-bond donors (Lipinski definition) is 1. The summed E-state index contributed by atoms with van der Waals surface area (Å²) in [5.74, 6) is 2.01. The monoisotopic (exact) mass is 278 g/mol. The molecule has 0 aromatic rings. The van der Waals surface area contributed by atoms with Gasteiger partial charge >= 0.3 is 0 Å². The number of hydrogen-bond acceptors (Lipinski definition) is 2. The molecule has 3 rings (SSSR count). The Kier molecular flexibility index (Phi) is 4.72. The SMILES string of the molecule is CCC1(CC)CN(CC2CC2)C(C2CCCCC2)CN1. The average molecular weight is 278 g/mol. The minimum atomic E-state index is 0.403. The van der Waals surface area contributed by atoms with Crippen molar-refractivity contribution in [2.45, 2.75) is 83.2 Å². The fraction of sp³-hybridized carbons (Fsp3) is 1.00. The van der Waals surface area contributed by atoms with Crippen molar-refractivity contribution >= 4 is 0 Å². The molecule has 1 unspecified atom stereocenters. The van der Waals surface area contributed by atoms with Gasteiger partial charge in [0.1, 0.15) is 0 Å². The molecular formula is C18H34N2. The maximum Gasteiger partial charge on any atom is 0.0304 e. The van der Waals surface area contributed by atoms with E-state index in [0.29, 0.717) is 5.54 Å². The molecule has 1 N–H and O–H groups in total.